The molecule has 0 spiro atoms. The summed E-state index contributed by atoms with van der Waals surface area (Å²) in [6.07, 6.45) is 0. The minimum Gasteiger partial charge on any atom is -0.486 e. The van der Waals surface area contributed by atoms with Crippen LogP contribution >= 0.6 is 0 Å². The molecule has 2 nitrogen and oxygen atoms in total. The van der Waals surface area contributed by atoms with Gasteiger partial charge < -0.3 is 10.5 Å². The summed E-state index contributed by atoms with van der Waals surface area (Å²) >= 11 is 0. The van der Waals surface area contributed by atoms with Crippen molar-refractivity contribution in [2.24, 2.45) is 5.73 Å². The van der Waals surface area contributed by atoms with Gasteiger partial charge in [-0.2, -0.15) is 4.39 Å². The van der Waals surface area contributed by atoms with Gasteiger partial charge in [-0.05, 0) is 29.8 Å². The van der Waals surface area contributed by atoms with E-state index >= 15 is 0 Å². The van der Waals surface area contributed by atoms with Gasteiger partial charge in [0.25, 0.3) is 0 Å². The zero-order valence-electron chi connectivity index (χ0n) is 10.00. The third-order valence-electron chi connectivity index (χ3n) is 2.64. The summed E-state index contributed by atoms with van der Waals surface area (Å²) < 4.78 is 44.7. The second-order valence-corrected chi connectivity index (χ2v) is 3.97. The third-order valence-corrected chi connectivity index (χ3v) is 2.64. The van der Waals surface area contributed by atoms with Gasteiger partial charge in [0.2, 0.25) is 5.82 Å². The van der Waals surface area contributed by atoms with Crippen LogP contribution < -0.4 is 10.5 Å². The quantitative estimate of drug-likeness (QED) is 0.923. The molecule has 0 heterocycles. The zero-order chi connectivity index (χ0) is 13.8. The molecule has 0 aromatic heterocycles. The SMILES string of the molecule is NCc1cc(COc2cccc(F)c2F)ccc1F. The lowest BCUT2D eigenvalue weighted by Crippen LogP contribution is -2.03. The molecule has 0 fully saturated rings. The molecule has 19 heavy (non-hydrogen) atoms. The maximum Gasteiger partial charge on any atom is 0.200 e. The van der Waals surface area contributed by atoms with Crippen LogP contribution in [0.25, 0.3) is 0 Å². The van der Waals surface area contributed by atoms with E-state index in [1.165, 1.54) is 30.3 Å². The molecular weight excluding hydrogens is 255 g/mol. The summed E-state index contributed by atoms with van der Waals surface area (Å²) in [5.41, 5.74) is 6.36. The average molecular weight is 267 g/mol. The van der Waals surface area contributed by atoms with Gasteiger partial charge in [-0.15, -0.1) is 0 Å². The van der Waals surface area contributed by atoms with Gasteiger partial charge >= 0.3 is 0 Å². The first-order chi connectivity index (χ1) is 9.11. The Morgan fingerprint density at radius 1 is 1.00 bits per heavy atom. The van der Waals surface area contributed by atoms with Crippen LogP contribution in [0.15, 0.2) is 36.4 Å². The van der Waals surface area contributed by atoms with Crippen LogP contribution in [0.3, 0.4) is 0 Å². The average Bonchev–Trinajstić information content (AvgIpc) is 2.42. The van der Waals surface area contributed by atoms with Crippen molar-refractivity contribution in [3.05, 3.63) is 65.0 Å². The number of nitrogens with two attached hydrogens (primary N) is 1. The monoisotopic (exact) mass is 267 g/mol. The largest absolute Gasteiger partial charge is 0.486 e. The first kappa shape index (κ1) is 13.4. The Morgan fingerprint density at radius 2 is 1.79 bits per heavy atom. The van der Waals surface area contributed by atoms with Crippen molar-refractivity contribution in [3.8, 4) is 5.75 Å². The fraction of sp³-hybridized carbons (Fsp3) is 0.143. The van der Waals surface area contributed by atoms with Crippen LogP contribution in [-0.4, -0.2) is 0 Å². The molecule has 0 aliphatic carbocycles. The molecule has 0 aliphatic heterocycles. The summed E-state index contributed by atoms with van der Waals surface area (Å²) in [5.74, 6) is -2.59. The lowest BCUT2D eigenvalue weighted by Gasteiger charge is -2.09. The maximum atomic E-state index is 13.3. The molecule has 2 aromatic rings. The molecular formula is C14H12F3NO. The summed E-state index contributed by atoms with van der Waals surface area (Å²) in [4.78, 5) is 0. The highest BCUT2D eigenvalue weighted by Gasteiger charge is 2.09. The lowest BCUT2D eigenvalue weighted by molar-refractivity contribution is 0.284. The number of benzene rings is 2. The summed E-state index contributed by atoms with van der Waals surface area (Å²) in [6.45, 7) is 0.0711. The molecule has 0 saturated carbocycles. The normalized spacial score (nSPS) is 10.5. The van der Waals surface area contributed by atoms with Gasteiger partial charge in [-0.25, -0.2) is 8.78 Å². The van der Waals surface area contributed by atoms with Gasteiger partial charge in [0.1, 0.15) is 12.4 Å². The molecule has 5 heteroatoms. The van der Waals surface area contributed by atoms with E-state index < -0.39 is 17.5 Å². The van der Waals surface area contributed by atoms with E-state index in [9.17, 15) is 13.2 Å². The highest BCUT2D eigenvalue weighted by Crippen LogP contribution is 2.20. The predicted octanol–water partition coefficient (Wildman–Crippen LogP) is 3.14. The standard InChI is InChI=1S/C14H12F3NO/c15-11-5-4-9(6-10(11)7-18)8-19-13-3-1-2-12(16)14(13)17/h1-6H,7-8,18H2. The van der Waals surface area contributed by atoms with Crippen LogP contribution in [0.4, 0.5) is 13.2 Å². The van der Waals surface area contributed by atoms with Gasteiger partial charge in [0.15, 0.2) is 11.6 Å². The predicted molar refractivity (Wildman–Crippen MR) is 65.0 cm³/mol. The van der Waals surface area contributed by atoms with Crippen molar-refractivity contribution in [1.82, 2.24) is 0 Å². The first-order valence-electron chi connectivity index (χ1n) is 5.66. The van der Waals surface area contributed by atoms with Crippen molar-refractivity contribution < 1.29 is 17.9 Å². The fourth-order valence-electron chi connectivity index (χ4n) is 1.63. The lowest BCUT2D eigenvalue weighted by atomic mass is 10.1. The minimum absolute atomic E-state index is 0.00759. The van der Waals surface area contributed by atoms with Gasteiger partial charge in [0.05, 0.1) is 0 Å². The van der Waals surface area contributed by atoms with Gasteiger partial charge in [-0.1, -0.05) is 12.1 Å². The van der Waals surface area contributed by atoms with Gasteiger partial charge in [-0.3, -0.25) is 0 Å². The third kappa shape index (κ3) is 3.06. The van der Waals surface area contributed by atoms with Crippen LogP contribution in [0.5, 0.6) is 5.75 Å². The van der Waals surface area contributed by atoms with E-state index in [4.69, 9.17) is 10.5 Å². The van der Waals surface area contributed by atoms with E-state index in [-0.39, 0.29) is 18.9 Å². The second kappa shape index (κ2) is 5.75. The molecule has 100 valence electrons. The number of halogens is 3. The van der Waals surface area contributed by atoms with Crippen molar-refractivity contribution in [2.75, 3.05) is 0 Å². The summed E-state index contributed by atoms with van der Waals surface area (Å²) in [7, 11) is 0. The fourth-order valence-corrected chi connectivity index (χ4v) is 1.63. The molecule has 0 amide bonds. The highest BCUT2D eigenvalue weighted by molar-refractivity contribution is 5.27. The molecule has 0 aliphatic rings. The summed E-state index contributed by atoms with van der Waals surface area (Å²) in [5, 5.41) is 0. The highest BCUT2D eigenvalue weighted by atomic mass is 19.2. The Kier molecular flexibility index (Phi) is 4.06. The molecule has 2 N–H and O–H groups in total. The summed E-state index contributed by atoms with van der Waals surface area (Å²) in [6, 6.07) is 7.99. The Labute approximate surface area is 108 Å². The van der Waals surface area contributed by atoms with E-state index in [0.717, 1.165) is 6.07 Å². The molecule has 2 rings (SSSR count). The Balaban J connectivity index is 2.12. The topological polar surface area (TPSA) is 35.2 Å². The molecule has 0 saturated heterocycles. The van der Waals surface area contributed by atoms with Crippen LogP contribution in [0.1, 0.15) is 11.1 Å². The maximum absolute atomic E-state index is 13.3. The Bertz CT molecular complexity index is 587. The van der Waals surface area contributed by atoms with Crippen molar-refractivity contribution in [1.29, 1.82) is 0 Å². The van der Waals surface area contributed by atoms with Crippen molar-refractivity contribution in [2.45, 2.75) is 13.2 Å². The minimum atomic E-state index is -1.04. The van der Waals surface area contributed by atoms with Crippen molar-refractivity contribution in [3.63, 3.8) is 0 Å². The Hall–Kier alpha value is -2.01. The molecule has 2 aromatic carbocycles. The molecule has 0 atom stereocenters. The first-order valence-corrected chi connectivity index (χ1v) is 5.66. The smallest absolute Gasteiger partial charge is 0.200 e. The molecule has 0 bridgehead atoms. The van der Waals surface area contributed by atoms with E-state index in [2.05, 4.69) is 0 Å². The van der Waals surface area contributed by atoms with Crippen LogP contribution in [0.2, 0.25) is 0 Å². The Morgan fingerprint density at radius 3 is 2.53 bits per heavy atom. The van der Waals surface area contributed by atoms with Crippen molar-refractivity contribution >= 4 is 0 Å². The zero-order valence-corrected chi connectivity index (χ0v) is 10.00. The second-order valence-electron chi connectivity index (χ2n) is 3.97. The van der Waals surface area contributed by atoms with E-state index in [1.807, 2.05) is 0 Å². The van der Waals surface area contributed by atoms with E-state index in [1.54, 1.807) is 0 Å². The van der Waals surface area contributed by atoms with Crippen LogP contribution in [0, 0.1) is 17.5 Å². The molecule has 0 unspecified atom stereocenters. The van der Waals surface area contributed by atoms with E-state index in [0.29, 0.717) is 11.1 Å². The number of hydrogen-bond acceptors (Lipinski definition) is 2. The van der Waals surface area contributed by atoms with Crippen LogP contribution in [-0.2, 0) is 13.2 Å². The number of ether oxygens (including phenoxy) is 1. The molecule has 0 radical (unpaired) electrons. The number of hydrogen-bond donors (Lipinski definition) is 1. The number of rotatable bonds is 4. The van der Waals surface area contributed by atoms with Gasteiger partial charge in [0, 0.05) is 12.1 Å².